The molecule has 23 heavy (non-hydrogen) atoms. The molecule has 4 rings (SSSR count). The summed E-state index contributed by atoms with van der Waals surface area (Å²) in [6, 6.07) is 2.13. The van der Waals surface area contributed by atoms with Crippen molar-refractivity contribution in [1.82, 2.24) is 19.8 Å². The first-order chi connectivity index (χ1) is 10.7. The van der Waals surface area contributed by atoms with Gasteiger partial charge in [-0.15, -0.1) is 23.7 Å². The number of carbonyl (C=O) groups is 1. The molecule has 2 aliphatic rings. The maximum absolute atomic E-state index is 13.0. The summed E-state index contributed by atoms with van der Waals surface area (Å²) in [6.07, 6.45) is 7.23. The molecule has 124 valence electrons. The van der Waals surface area contributed by atoms with Crippen LogP contribution in [-0.4, -0.2) is 40.0 Å². The molecule has 1 unspecified atom stereocenters. The average molecular weight is 353 g/mol. The Morgan fingerprint density at radius 1 is 1.43 bits per heavy atom. The number of piperazine rings is 1. The van der Waals surface area contributed by atoms with Crippen molar-refractivity contribution in [2.24, 2.45) is 7.05 Å². The first-order valence-electron chi connectivity index (χ1n) is 7.84. The first-order valence-corrected chi connectivity index (χ1v) is 8.66. The molecule has 1 fully saturated rings. The third-order valence-corrected chi connectivity index (χ3v) is 5.84. The highest BCUT2D eigenvalue weighted by Crippen LogP contribution is 2.32. The molecule has 2 aromatic heterocycles. The maximum Gasteiger partial charge on any atom is 0.264 e. The lowest BCUT2D eigenvalue weighted by Gasteiger charge is -2.35. The Morgan fingerprint density at radius 2 is 2.30 bits per heavy atom. The standard InChI is InChI=1S/C16H20N4OS.ClH/c1-19-7-6-18-15(19)12-10-17-5-8-20(12)16(21)14-9-11-3-2-4-13(11)22-14;/h6-7,9,12,17H,2-5,8,10H2,1H3;1H. The minimum Gasteiger partial charge on any atom is -0.336 e. The molecule has 1 amide bonds. The second-order valence-electron chi connectivity index (χ2n) is 6.03. The van der Waals surface area contributed by atoms with Gasteiger partial charge in [-0.2, -0.15) is 0 Å². The molecule has 3 heterocycles. The molecule has 0 spiro atoms. The molecule has 5 nitrogen and oxygen atoms in total. The van der Waals surface area contributed by atoms with Crippen LogP contribution in [0.25, 0.3) is 0 Å². The number of nitrogens with one attached hydrogen (secondary N) is 1. The third-order valence-electron chi connectivity index (χ3n) is 4.62. The van der Waals surface area contributed by atoms with Gasteiger partial charge in [0.25, 0.3) is 5.91 Å². The quantitative estimate of drug-likeness (QED) is 0.901. The van der Waals surface area contributed by atoms with Gasteiger partial charge in [0.1, 0.15) is 11.9 Å². The minimum atomic E-state index is 0. The normalized spacial score (nSPS) is 20.2. The molecule has 1 saturated heterocycles. The van der Waals surface area contributed by atoms with E-state index in [9.17, 15) is 4.79 Å². The second kappa shape index (κ2) is 6.63. The lowest BCUT2D eigenvalue weighted by Crippen LogP contribution is -2.49. The smallest absolute Gasteiger partial charge is 0.264 e. The average Bonchev–Trinajstić information content (AvgIpc) is 3.21. The predicted octanol–water partition coefficient (Wildman–Crippen LogP) is 2.18. The van der Waals surface area contributed by atoms with Gasteiger partial charge in [0, 0.05) is 44.0 Å². The number of amides is 1. The number of aryl methyl sites for hydroxylation is 3. The van der Waals surface area contributed by atoms with Crippen LogP contribution >= 0.6 is 23.7 Å². The lowest BCUT2D eigenvalue weighted by molar-refractivity contribution is 0.0626. The van der Waals surface area contributed by atoms with E-state index in [1.807, 2.05) is 22.7 Å². The van der Waals surface area contributed by atoms with Crippen molar-refractivity contribution in [2.45, 2.75) is 25.3 Å². The van der Waals surface area contributed by atoms with Crippen LogP contribution in [0.5, 0.6) is 0 Å². The Morgan fingerprint density at radius 3 is 3.04 bits per heavy atom. The molecule has 7 heteroatoms. The number of rotatable bonds is 2. The molecular formula is C16H21ClN4OS. The molecule has 0 aromatic carbocycles. The number of thiophene rings is 1. The van der Waals surface area contributed by atoms with E-state index in [-0.39, 0.29) is 24.4 Å². The number of halogens is 1. The molecule has 2 aromatic rings. The van der Waals surface area contributed by atoms with Gasteiger partial charge in [-0.1, -0.05) is 0 Å². The van der Waals surface area contributed by atoms with Crippen LogP contribution in [0.2, 0.25) is 0 Å². The molecule has 0 bridgehead atoms. The summed E-state index contributed by atoms with van der Waals surface area (Å²) < 4.78 is 2.01. The zero-order chi connectivity index (χ0) is 15.1. The number of hydrogen-bond acceptors (Lipinski definition) is 4. The van der Waals surface area contributed by atoms with Crippen LogP contribution in [0, 0.1) is 0 Å². The predicted molar refractivity (Wildman–Crippen MR) is 93.4 cm³/mol. The monoisotopic (exact) mass is 352 g/mol. The number of imidazole rings is 1. The van der Waals surface area contributed by atoms with Gasteiger partial charge >= 0.3 is 0 Å². The third kappa shape index (κ3) is 2.91. The second-order valence-corrected chi connectivity index (χ2v) is 7.16. The zero-order valence-electron chi connectivity index (χ0n) is 13.1. The van der Waals surface area contributed by atoms with Gasteiger partial charge in [0.15, 0.2) is 0 Å². The van der Waals surface area contributed by atoms with Gasteiger partial charge in [0.2, 0.25) is 0 Å². The maximum atomic E-state index is 13.0. The highest BCUT2D eigenvalue weighted by atomic mass is 35.5. The number of aromatic nitrogens is 2. The molecule has 1 N–H and O–H groups in total. The van der Waals surface area contributed by atoms with Crippen LogP contribution in [-0.2, 0) is 19.9 Å². The van der Waals surface area contributed by atoms with E-state index < -0.39 is 0 Å². The van der Waals surface area contributed by atoms with Crippen LogP contribution in [0.3, 0.4) is 0 Å². The van der Waals surface area contributed by atoms with Crippen LogP contribution in [0.4, 0.5) is 0 Å². The van der Waals surface area contributed by atoms with Crippen molar-refractivity contribution < 1.29 is 4.79 Å². The summed E-state index contributed by atoms with van der Waals surface area (Å²) in [6.45, 7) is 2.35. The lowest BCUT2D eigenvalue weighted by atomic mass is 10.1. The number of hydrogen-bond donors (Lipinski definition) is 1. The first kappa shape index (κ1) is 16.5. The summed E-state index contributed by atoms with van der Waals surface area (Å²) >= 11 is 1.69. The molecule has 0 radical (unpaired) electrons. The highest BCUT2D eigenvalue weighted by Gasteiger charge is 2.32. The fourth-order valence-corrected chi connectivity index (χ4v) is 4.66. The zero-order valence-corrected chi connectivity index (χ0v) is 14.8. The van der Waals surface area contributed by atoms with Crippen molar-refractivity contribution in [3.63, 3.8) is 0 Å². The summed E-state index contributed by atoms with van der Waals surface area (Å²) in [4.78, 5) is 21.7. The Hall–Kier alpha value is -1.37. The molecule has 1 atom stereocenters. The largest absolute Gasteiger partial charge is 0.336 e. The van der Waals surface area contributed by atoms with Gasteiger partial charge in [-0.25, -0.2) is 4.98 Å². The SMILES string of the molecule is Cl.Cn1ccnc1C1CNCCN1C(=O)c1cc2c(s1)CCC2. The number of nitrogens with zero attached hydrogens (tertiary/aromatic N) is 3. The van der Waals surface area contributed by atoms with E-state index in [2.05, 4.69) is 16.4 Å². The minimum absolute atomic E-state index is 0. The Labute approximate surface area is 146 Å². The van der Waals surface area contributed by atoms with Crippen LogP contribution in [0.1, 0.15) is 38.4 Å². The molecular weight excluding hydrogens is 332 g/mol. The molecule has 1 aliphatic heterocycles. The number of fused-ring (bicyclic) bond motifs is 1. The van der Waals surface area contributed by atoms with Crippen LogP contribution in [0.15, 0.2) is 18.5 Å². The fraction of sp³-hybridized carbons (Fsp3) is 0.500. The van der Waals surface area contributed by atoms with E-state index in [4.69, 9.17) is 0 Å². The number of carbonyl (C=O) groups excluding carboxylic acids is 1. The summed E-state index contributed by atoms with van der Waals surface area (Å²) in [5.74, 6) is 1.11. The van der Waals surface area contributed by atoms with Crippen LogP contribution < -0.4 is 5.32 Å². The molecule has 0 saturated carbocycles. The summed E-state index contributed by atoms with van der Waals surface area (Å²) in [7, 11) is 1.99. The van der Waals surface area contributed by atoms with E-state index in [0.717, 1.165) is 43.2 Å². The van der Waals surface area contributed by atoms with Crippen molar-refractivity contribution in [2.75, 3.05) is 19.6 Å². The Balaban J connectivity index is 0.00000156. The van der Waals surface area contributed by atoms with Gasteiger partial charge in [0.05, 0.1) is 4.88 Å². The van der Waals surface area contributed by atoms with E-state index in [1.54, 1.807) is 17.5 Å². The van der Waals surface area contributed by atoms with E-state index in [1.165, 1.54) is 16.9 Å². The molecule has 1 aliphatic carbocycles. The van der Waals surface area contributed by atoms with Gasteiger partial charge in [-0.3, -0.25) is 4.79 Å². The van der Waals surface area contributed by atoms with Gasteiger partial charge < -0.3 is 14.8 Å². The van der Waals surface area contributed by atoms with Crippen molar-refractivity contribution in [1.29, 1.82) is 0 Å². The summed E-state index contributed by atoms with van der Waals surface area (Å²) in [5, 5.41) is 3.38. The van der Waals surface area contributed by atoms with E-state index in [0.29, 0.717) is 0 Å². The van der Waals surface area contributed by atoms with E-state index >= 15 is 0 Å². The Kier molecular flexibility index (Phi) is 4.75. The van der Waals surface area contributed by atoms with Gasteiger partial charge in [-0.05, 0) is 30.9 Å². The van der Waals surface area contributed by atoms with Crippen molar-refractivity contribution in [3.8, 4) is 0 Å². The Bertz CT molecular complexity index is 689. The highest BCUT2D eigenvalue weighted by molar-refractivity contribution is 7.14. The summed E-state index contributed by atoms with van der Waals surface area (Å²) in [5.41, 5.74) is 1.39. The van der Waals surface area contributed by atoms with Crippen molar-refractivity contribution >= 4 is 29.7 Å². The van der Waals surface area contributed by atoms with Crippen molar-refractivity contribution in [3.05, 3.63) is 39.6 Å². The fourth-order valence-electron chi connectivity index (χ4n) is 3.45. The topological polar surface area (TPSA) is 50.2 Å².